The highest BCUT2D eigenvalue weighted by atomic mass is 32.2. The SMILES string of the molecule is N/N=C(/CCCN1CCC(=C2c3ccccc3Sc3ccccc32)CC1)NN. The van der Waals surface area contributed by atoms with Gasteiger partial charge in [-0.15, -0.1) is 0 Å². The standard InChI is InChI=1S/C22H27N5S/c23-25-21(26-24)10-5-13-27-14-11-16(12-15-27)22-17-6-1-3-8-19(17)28-20-9-4-2-7-18(20)22/h1-4,6-9H,5,10-15,23-24H2,(H,25,26). The molecule has 5 N–H and O–H groups in total. The zero-order valence-corrected chi connectivity index (χ0v) is 16.8. The number of piperidine rings is 1. The molecule has 2 aliphatic rings. The molecule has 0 bridgehead atoms. The van der Waals surface area contributed by atoms with E-state index in [-0.39, 0.29) is 0 Å². The van der Waals surface area contributed by atoms with E-state index in [0.717, 1.165) is 45.3 Å². The molecule has 0 radical (unpaired) electrons. The number of nitrogens with two attached hydrogens (primary N) is 2. The van der Waals surface area contributed by atoms with Crippen molar-refractivity contribution >= 4 is 23.2 Å². The van der Waals surface area contributed by atoms with Crippen molar-refractivity contribution in [3.8, 4) is 0 Å². The second-order valence-electron chi connectivity index (χ2n) is 7.24. The van der Waals surface area contributed by atoms with Crippen LogP contribution in [-0.2, 0) is 0 Å². The Hall–Kier alpha value is -2.28. The summed E-state index contributed by atoms with van der Waals surface area (Å²) in [4.78, 5) is 5.27. The fourth-order valence-electron chi connectivity index (χ4n) is 4.11. The van der Waals surface area contributed by atoms with E-state index < -0.39 is 0 Å². The van der Waals surface area contributed by atoms with Crippen molar-refractivity contribution in [1.29, 1.82) is 0 Å². The minimum atomic E-state index is 0.660. The van der Waals surface area contributed by atoms with Crippen molar-refractivity contribution in [3.63, 3.8) is 0 Å². The molecule has 0 aliphatic carbocycles. The first-order valence-electron chi connectivity index (χ1n) is 9.84. The van der Waals surface area contributed by atoms with Crippen LogP contribution in [0.5, 0.6) is 0 Å². The largest absolute Gasteiger partial charge is 0.322 e. The summed E-state index contributed by atoms with van der Waals surface area (Å²) < 4.78 is 0. The minimum Gasteiger partial charge on any atom is -0.322 e. The molecule has 5 nitrogen and oxygen atoms in total. The second kappa shape index (κ2) is 8.82. The van der Waals surface area contributed by atoms with Gasteiger partial charge in [0, 0.05) is 29.3 Å². The van der Waals surface area contributed by atoms with Crippen LogP contribution in [0.25, 0.3) is 5.57 Å². The predicted molar refractivity (Wildman–Crippen MR) is 117 cm³/mol. The summed E-state index contributed by atoms with van der Waals surface area (Å²) in [7, 11) is 0. The summed E-state index contributed by atoms with van der Waals surface area (Å²) in [5.41, 5.74) is 8.40. The lowest BCUT2D eigenvalue weighted by Crippen LogP contribution is -2.34. The van der Waals surface area contributed by atoms with E-state index in [0.29, 0.717) is 5.84 Å². The summed E-state index contributed by atoms with van der Waals surface area (Å²) in [5, 5.41) is 3.66. The smallest absolute Gasteiger partial charge is 0.135 e. The van der Waals surface area contributed by atoms with Crippen molar-refractivity contribution in [1.82, 2.24) is 10.3 Å². The first kappa shape index (κ1) is 19.1. The Kier molecular flexibility index (Phi) is 6.00. The third-order valence-electron chi connectivity index (χ3n) is 5.56. The summed E-state index contributed by atoms with van der Waals surface area (Å²) in [6.07, 6.45) is 4.04. The number of hydrogen-bond donors (Lipinski definition) is 3. The maximum absolute atomic E-state index is 5.40. The molecular formula is C22H27N5S. The number of benzene rings is 2. The molecule has 0 spiro atoms. The molecule has 0 atom stereocenters. The van der Waals surface area contributed by atoms with Crippen LogP contribution < -0.4 is 17.1 Å². The summed E-state index contributed by atoms with van der Waals surface area (Å²) in [6.45, 7) is 3.25. The average molecular weight is 394 g/mol. The molecule has 28 heavy (non-hydrogen) atoms. The van der Waals surface area contributed by atoms with E-state index in [1.54, 1.807) is 5.57 Å². The number of hydrogen-bond acceptors (Lipinski definition) is 5. The third kappa shape index (κ3) is 3.94. The van der Waals surface area contributed by atoms with Gasteiger partial charge in [0.15, 0.2) is 0 Å². The van der Waals surface area contributed by atoms with Crippen LogP contribution in [0.4, 0.5) is 0 Å². The molecule has 2 heterocycles. The quantitative estimate of drug-likeness (QED) is 0.273. The van der Waals surface area contributed by atoms with Gasteiger partial charge in [-0.25, -0.2) is 5.84 Å². The van der Waals surface area contributed by atoms with E-state index in [1.807, 2.05) is 11.8 Å². The highest BCUT2D eigenvalue weighted by molar-refractivity contribution is 7.99. The molecule has 2 aliphatic heterocycles. The van der Waals surface area contributed by atoms with E-state index >= 15 is 0 Å². The third-order valence-corrected chi connectivity index (χ3v) is 6.71. The van der Waals surface area contributed by atoms with Crippen LogP contribution >= 0.6 is 11.8 Å². The number of hydrazone groups is 1. The maximum Gasteiger partial charge on any atom is 0.135 e. The second-order valence-corrected chi connectivity index (χ2v) is 8.32. The average Bonchev–Trinajstić information content (AvgIpc) is 2.75. The number of nitrogens with one attached hydrogen (secondary N) is 1. The monoisotopic (exact) mass is 393 g/mol. The number of likely N-dealkylation sites (tertiary alicyclic amines) is 1. The van der Waals surface area contributed by atoms with Crippen molar-refractivity contribution in [2.75, 3.05) is 19.6 Å². The van der Waals surface area contributed by atoms with Gasteiger partial charge in [0.2, 0.25) is 0 Å². The fraction of sp³-hybridized carbons (Fsp3) is 0.318. The topological polar surface area (TPSA) is 79.7 Å². The fourth-order valence-corrected chi connectivity index (χ4v) is 5.20. The zero-order chi connectivity index (χ0) is 19.3. The van der Waals surface area contributed by atoms with E-state index in [9.17, 15) is 0 Å². The Bertz CT molecular complexity index is 848. The van der Waals surface area contributed by atoms with Gasteiger partial charge < -0.3 is 16.2 Å². The van der Waals surface area contributed by atoms with E-state index in [2.05, 4.69) is 64.0 Å². The van der Waals surface area contributed by atoms with Gasteiger partial charge in [-0.05, 0) is 54.6 Å². The molecule has 0 amide bonds. The lowest BCUT2D eigenvalue weighted by molar-refractivity contribution is 0.255. The molecule has 0 unspecified atom stereocenters. The molecular weight excluding hydrogens is 366 g/mol. The van der Waals surface area contributed by atoms with Crippen molar-refractivity contribution in [2.45, 2.75) is 35.5 Å². The van der Waals surface area contributed by atoms with Gasteiger partial charge >= 0.3 is 0 Å². The summed E-state index contributed by atoms with van der Waals surface area (Å²) in [5.74, 6) is 11.4. The molecule has 2 aromatic carbocycles. The molecule has 0 saturated carbocycles. The predicted octanol–water partition coefficient (Wildman–Crippen LogP) is 3.56. The van der Waals surface area contributed by atoms with Crippen LogP contribution in [0.15, 0.2) is 69.0 Å². The zero-order valence-electron chi connectivity index (χ0n) is 16.0. The number of nitrogens with zero attached hydrogens (tertiary/aromatic N) is 2. The molecule has 4 rings (SSSR count). The molecule has 1 fully saturated rings. The lowest BCUT2D eigenvalue weighted by Gasteiger charge is -2.32. The van der Waals surface area contributed by atoms with E-state index in [1.165, 1.54) is 26.5 Å². The van der Waals surface area contributed by atoms with Gasteiger partial charge in [0.1, 0.15) is 5.84 Å². The molecule has 6 heteroatoms. The van der Waals surface area contributed by atoms with Crippen LogP contribution in [-0.4, -0.2) is 30.4 Å². The Labute approximate surface area is 170 Å². The molecule has 146 valence electrons. The van der Waals surface area contributed by atoms with Crippen LogP contribution in [0.1, 0.15) is 36.8 Å². The van der Waals surface area contributed by atoms with Crippen molar-refractivity contribution in [2.24, 2.45) is 16.8 Å². The van der Waals surface area contributed by atoms with Gasteiger partial charge in [-0.2, -0.15) is 5.10 Å². The van der Waals surface area contributed by atoms with Gasteiger partial charge in [-0.3, -0.25) is 0 Å². The highest BCUT2D eigenvalue weighted by Gasteiger charge is 2.25. The van der Waals surface area contributed by atoms with Gasteiger partial charge in [0.25, 0.3) is 0 Å². The number of fused-ring (bicyclic) bond motifs is 2. The van der Waals surface area contributed by atoms with Gasteiger partial charge in [-0.1, -0.05) is 53.7 Å². The van der Waals surface area contributed by atoms with Gasteiger partial charge in [0.05, 0.1) is 0 Å². The normalized spacial score (nSPS) is 17.2. The minimum absolute atomic E-state index is 0.660. The Morgan fingerprint density at radius 3 is 2.18 bits per heavy atom. The molecule has 1 saturated heterocycles. The number of rotatable bonds is 4. The van der Waals surface area contributed by atoms with Crippen molar-refractivity contribution in [3.05, 3.63) is 65.2 Å². The lowest BCUT2D eigenvalue weighted by atomic mass is 9.88. The Morgan fingerprint density at radius 1 is 1.00 bits per heavy atom. The van der Waals surface area contributed by atoms with Crippen LogP contribution in [0.3, 0.4) is 0 Å². The van der Waals surface area contributed by atoms with E-state index in [4.69, 9.17) is 11.7 Å². The number of hydrazine groups is 1. The Balaban J connectivity index is 1.50. The van der Waals surface area contributed by atoms with Crippen LogP contribution in [0, 0.1) is 0 Å². The first-order valence-corrected chi connectivity index (χ1v) is 10.7. The van der Waals surface area contributed by atoms with Crippen LogP contribution in [0.2, 0.25) is 0 Å². The molecule has 0 aromatic heterocycles. The summed E-state index contributed by atoms with van der Waals surface area (Å²) >= 11 is 1.89. The highest BCUT2D eigenvalue weighted by Crippen LogP contribution is 2.47. The first-order chi connectivity index (χ1) is 13.8. The maximum atomic E-state index is 5.40. The van der Waals surface area contributed by atoms with Crippen molar-refractivity contribution < 1.29 is 0 Å². The summed E-state index contributed by atoms with van der Waals surface area (Å²) in [6, 6.07) is 17.6. The molecule has 2 aromatic rings. The number of amidine groups is 1. The Morgan fingerprint density at radius 2 is 1.61 bits per heavy atom.